The van der Waals surface area contributed by atoms with Gasteiger partial charge in [-0.1, -0.05) is 0 Å². The lowest BCUT2D eigenvalue weighted by molar-refractivity contribution is -0.141. The fourth-order valence-corrected chi connectivity index (χ4v) is 6.22. The number of hydrogen-bond acceptors (Lipinski definition) is 9. The zero-order valence-corrected chi connectivity index (χ0v) is 29.3. The Morgan fingerprint density at radius 1 is 0.638 bits per heavy atom. The minimum Gasteiger partial charge on any atom is -0.469 e. The first kappa shape index (κ1) is 41.9. The SMILES string of the molecule is CNC(=O)N1CCC(CCCC(=O)NO)CC1.CNC(=O)N1CCC(CCCC(=O)OC)CC1.COC(=O)CCCC1CCNCC1. The molecule has 3 aliphatic heterocycles. The molecule has 3 fully saturated rings. The molecule has 14 heteroatoms. The summed E-state index contributed by atoms with van der Waals surface area (Å²) in [6.07, 6.45) is 13.9. The lowest BCUT2D eigenvalue weighted by atomic mass is 9.91. The van der Waals surface area contributed by atoms with E-state index >= 15 is 0 Å². The van der Waals surface area contributed by atoms with E-state index in [1.807, 2.05) is 9.80 Å². The zero-order chi connectivity index (χ0) is 34.9. The van der Waals surface area contributed by atoms with E-state index < -0.39 is 0 Å². The molecule has 0 saturated carbocycles. The molecule has 3 saturated heterocycles. The summed E-state index contributed by atoms with van der Waals surface area (Å²) in [6, 6.07) is 0.00104. The van der Waals surface area contributed by atoms with E-state index in [2.05, 4.69) is 25.4 Å². The molecule has 14 nitrogen and oxygen atoms in total. The van der Waals surface area contributed by atoms with Gasteiger partial charge in [0.05, 0.1) is 14.2 Å². The number of nitrogens with one attached hydrogen (secondary N) is 4. The van der Waals surface area contributed by atoms with Gasteiger partial charge in [-0.3, -0.25) is 19.6 Å². The van der Waals surface area contributed by atoms with Crippen molar-refractivity contribution in [2.75, 3.05) is 67.6 Å². The first-order chi connectivity index (χ1) is 22.7. The number of urea groups is 2. The average Bonchev–Trinajstić information content (AvgIpc) is 3.12. The quantitative estimate of drug-likeness (QED) is 0.118. The predicted molar refractivity (Wildman–Crippen MR) is 179 cm³/mol. The fourth-order valence-electron chi connectivity index (χ4n) is 6.22. The molecule has 5 amide bonds. The predicted octanol–water partition coefficient (Wildman–Crippen LogP) is 3.42. The summed E-state index contributed by atoms with van der Waals surface area (Å²) in [4.78, 5) is 59.0. The number of nitrogens with zero attached hydrogens (tertiary/aromatic N) is 2. The maximum Gasteiger partial charge on any atom is 0.317 e. The molecule has 3 aliphatic rings. The number of hydroxylamine groups is 1. The summed E-state index contributed by atoms with van der Waals surface area (Å²) in [7, 11) is 6.17. The van der Waals surface area contributed by atoms with E-state index in [-0.39, 0.29) is 29.9 Å². The fraction of sp³-hybridized carbons (Fsp3) is 0.848. The monoisotopic (exact) mass is 670 g/mol. The van der Waals surface area contributed by atoms with Crippen molar-refractivity contribution in [2.24, 2.45) is 17.8 Å². The molecule has 0 radical (unpaired) electrons. The van der Waals surface area contributed by atoms with Crippen LogP contribution in [0.1, 0.15) is 96.3 Å². The number of likely N-dealkylation sites (tertiary alicyclic amines) is 2. The molecule has 0 atom stereocenters. The standard InChI is InChI=1S/C12H22N2O3.C11H21N3O3.C10H19NO2/c1-13-12(16)14-8-6-10(7-9-14)4-3-5-11(15)17-2;1-12-11(16)14-7-5-9(6-8-14)3-2-4-10(15)13-17;1-13-10(12)4-2-3-9-5-7-11-8-6-9/h10H,3-9H2,1-2H3,(H,13,16);9,17H,2-8H2,1H3,(H,12,16)(H,13,15);9,11H,2-8H2,1H3. The Bertz CT molecular complexity index is 842. The molecular weight excluding hydrogens is 608 g/mol. The molecule has 0 aromatic carbocycles. The largest absolute Gasteiger partial charge is 0.469 e. The van der Waals surface area contributed by atoms with E-state index in [4.69, 9.17) is 5.21 Å². The van der Waals surface area contributed by atoms with Gasteiger partial charge < -0.3 is 35.2 Å². The van der Waals surface area contributed by atoms with Crippen molar-refractivity contribution < 1.29 is 38.7 Å². The highest BCUT2D eigenvalue weighted by atomic mass is 16.5. The Labute approximate surface area is 281 Å². The summed E-state index contributed by atoms with van der Waals surface area (Å²) < 4.78 is 9.19. The van der Waals surface area contributed by atoms with Crippen LogP contribution in [0.5, 0.6) is 0 Å². The number of amides is 5. The van der Waals surface area contributed by atoms with Crippen LogP contribution in [0.3, 0.4) is 0 Å². The third kappa shape index (κ3) is 19.3. The van der Waals surface area contributed by atoms with E-state index in [9.17, 15) is 24.0 Å². The van der Waals surface area contributed by atoms with Crippen molar-refractivity contribution in [3.8, 4) is 0 Å². The molecule has 3 rings (SSSR count). The Morgan fingerprint density at radius 3 is 1.34 bits per heavy atom. The van der Waals surface area contributed by atoms with Gasteiger partial charge >= 0.3 is 24.0 Å². The van der Waals surface area contributed by atoms with Crippen LogP contribution in [-0.4, -0.2) is 112 Å². The number of piperidine rings is 3. The molecule has 5 N–H and O–H groups in total. The molecular formula is C33H62N6O8. The highest BCUT2D eigenvalue weighted by Crippen LogP contribution is 2.23. The van der Waals surface area contributed by atoms with E-state index in [1.54, 1.807) is 19.6 Å². The summed E-state index contributed by atoms with van der Waals surface area (Å²) in [5.41, 5.74) is 1.63. The third-order valence-corrected chi connectivity index (χ3v) is 9.27. The second-order valence-corrected chi connectivity index (χ2v) is 12.5. The van der Waals surface area contributed by atoms with Crippen LogP contribution in [0.2, 0.25) is 0 Å². The number of methoxy groups -OCH3 is 2. The number of carbonyl (C=O) groups is 5. The van der Waals surface area contributed by atoms with Gasteiger partial charge in [-0.05, 0) is 108 Å². The van der Waals surface area contributed by atoms with E-state index in [0.717, 1.165) is 103 Å². The summed E-state index contributed by atoms with van der Waals surface area (Å²) in [6.45, 7) is 5.50. The molecule has 0 aromatic rings. The van der Waals surface area contributed by atoms with Gasteiger partial charge in [0.15, 0.2) is 0 Å². The van der Waals surface area contributed by atoms with Crippen molar-refractivity contribution in [1.29, 1.82) is 0 Å². The second-order valence-electron chi connectivity index (χ2n) is 12.5. The minimum atomic E-state index is -0.326. The van der Waals surface area contributed by atoms with Crippen molar-refractivity contribution in [3.63, 3.8) is 0 Å². The number of carbonyl (C=O) groups excluding carboxylic acids is 5. The lowest BCUT2D eigenvalue weighted by Crippen LogP contribution is -2.43. The van der Waals surface area contributed by atoms with E-state index in [1.165, 1.54) is 33.5 Å². The Balaban J connectivity index is 0.000000356. The molecule has 0 aliphatic carbocycles. The van der Waals surface area contributed by atoms with Gasteiger partial charge in [-0.15, -0.1) is 0 Å². The van der Waals surface area contributed by atoms with Crippen molar-refractivity contribution in [2.45, 2.75) is 96.3 Å². The van der Waals surface area contributed by atoms with Crippen LogP contribution in [0.4, 0.5) is 9.59 Å². The Hall–Kier alpha value is -3.13. The van der Waals surface area contributed by atoms with Gasteiger partial charge in [-0.2, -0.15) is 0 Å². The third-order valence-electron chi connectivity index (χ3n) is 9.27. The van der Waals surface area contributed by atoms with Crippen molar-refractivity contribution in [1.82, 2.24) is 31.2 Å². The topological polar surface area (TPSA) is 179 Å². The normalized spacial score (nSPS) is 17.2. The van der Waals surface area contributed by atoms with Gasteiger partial charge in [0.1, 0.15) is 0 Å². The van der Waals surface area contributed by atoms with Crippen LogP contribution >= 0.6 is 0 Å². The minimum absolute atomic E-state index is 0.0110. The van der Waals surface area contributed by atoms with Crippen molar-refractivity contribution in [3.05, 3.63) is 0 Å². The lowest BCUT2D eigenvalue weighted by Gasteiger charge is -2.31. The molecule has 0 unspecified atom stereocenters. The number of esters is 2. The van der Waals surface area contributed by atoms with Gasteiger partial charge in [0, 0.05) is 59.5 Å². The molecule has 47 heavy (non-hydrogen) atoms. The first-order valence-corrected chi connectivity index (χ1v) is 17.4. The summed E-state index contributed by atoms with van der Waals surface area (Å²) >= 11 is 0. The average molecular weight is 671 g/mol. The van der Waals surface area contributed by atoms with Crippen LogP contribution in [0.15, 0.2) is 0 Å². The maximum atomic E-state index is 11.4. The smallest absolute Gasteiger partial charge is 0.317 e. The Kier molecular flexibility index (Phi) is 23.1. The molecule has 0 aromatic heterocycles. The first-order valence-electron chi connectivity index (χ1n) is 17.4. The second kappa shape index (κ2) is 25.9. The van der Waals surface area contributed by atoms with Crippen LogP contribution in [0.25, 0.3) is 0 Å². The van der Waals surface area contributed by atoms with E-state index in [0.29, 0.717) is 31.1 Å². The van der Waals surface area contributed by atoms with Crippen LogP contribution < -0.4 is 21.4 Å². The zero-order valence-electron chi connectivity index (χ0n) is 29.3. The van der Waals surface area contributed by atoms with Crippen LogP contribution in [-0.2, 0) is 23.9 Å². The summed E-state index contributed by atoms with van der Waals surface area (Å²) in [5.74, 6) is 1.52. The van der Waals surface area contributed by atoms with Gasteiger partial charge in [-0.25, -0.2) is 15.1 Å². The van der Waals surface area contributed by atoms with Crippen molar-refractivity contribution >= 4 is 29.9 Å². The van der Waals surface area contributed by atoms with Gasteiger partial charge in [0.25, 0.3) is 0 Å². The van der Waals surface area contributed by atoms with Crippen LogP contribution in [0, 0.1) is 17.8 Å². The molecule has 0 bridgehead atoms. The molecule has 3 heterocycles. The molecule has 0 spiro atoms. The maximum absolute atomic E-state index is 11.4. The van der Waals surface area contributed by atoms with Gasteiger partial charge in [0.2, 0.25) is 5.91 Å². The molecule has 272 valence electrons. The number of ether oxygens (including phenoxy) is 2. The highest BCUT2D eigenvalue weighted by Gasteiger charge is 2.23. The summed E-state index contributed by atoms with van der Waals surface area (Å²) in [5, 5.41) is 16.9. The number of rotatable bonds is 12. The Morgan fingerprint density at radius 2 is 1.00 bits per heavy atom. The highest BCUT2D eigenvalue weighted by molar-refractivity contribution is 5.75. The number of hydrogen-bond donors (Lipinski definition) is 5.